The van der Waals surface area contributed by atoms with E-state index < -0.39 is 28.8 Å². The molecule has 13 heteroatoms. The van der Waals surface area contributed by atoms with E-state index in [-0.39, 0.29) is 22.6 Å². The number of methoxy groups -OCH3 is 1. The summed E-state index contributed by atoms with van der Waals surface area (Å²) in [4.78, 5) is 34.5. The van der Waals surface area contributed by atoms with E-state index in [0.29, 0.717) is 52.6 Å². The van der Waals surface area contributed by atoms with E-state index in [1.807, 2.05) is 58.0 Å². The summed E-state index contributed by atoms with van der Waals surface area (Å²) in [5, 5.41) is 37.6. The number of aliphatic carboxylic acids is 2. The molecule has 0 amide bonds. The van der Waals surface area contributed by atoms with Crippen LogP contribution in [-0.2, 0) is 26.3 Å². The summed E-state index contributed by atoms with van der Waals surface area (Å²) in [6.07, 6.45) is 11.1. The Morgan fingerprint density at radius 1 is 0.953 bits per heavy atom. The van der Waals surface area contributed by atoms with Crippen LogP contribution in [0.2, 0.25) is 5.02 Å². The molecule has 1 saturated heterocycles. The number of carboxylic acid groups (broad SMARTS) is 2. The van der Waals surface area contributed by atoms with E-state index in [4.69, 9.17) is 40.4 Å². The minimum atomic E-state index is -1.26. The molecule has 5 aromatic rings. The zero-order chi connectivity index (χ0) is 46.8. The Hall–Kier alpha value is -6.34. The number of rotatable bonds is 12. The van der Waals surface area contributed by atoms with Crippen LogP contribution in [0.3, 0.4) is 0 Å². The van der Waals surface area contributed by atoms with Crippen LogP contribution in [0, 0.1) is 0 Å². The molecule has 0 saturated carbocycles. The Bertz CT molecular complexity index is 2560. The topological polar surface area (TPSA) is 176 Å². The first-order chi connectivity index (χ1) is 30.3. The fourth-order valence-corrected chi connectivity index (χ4v) is 7.76. The third-order valence-electron chi connectivity index (χ3n) is 11.1. The highest BCUT2D eigenvalue weighted by Crippen LogP contribution is 2.49. The number of carbonyl (C=O) groups is 2. The Labute approximate surface area is 378 Å². The first kappa shape index (κ1) is 48.7. The number of phenols is 1. The molecule has 0 radical (unpaired) electrons. The molecule has 7 rings (SSSR count). The van der Waals surface area contributed by atoms with Crippen molar-refractivity contribution in [3.8, 4) is 34.1 Å². The summed E-state index contributed by atoms with van der Waals surface area (Å²) < 4.78 is 24.3. The summed E-state index contributed by atoms with van der Waals surface area (Å²) in [5.74, 6) is -1.74. The van der Waals surface area contributed by atoms with Crippen molar-refractivity contribution in [2.75, 3.05) is 27.3 Å². The minimum absolute atomic E-state index is 0.00458. The van der Waals surface area contributed by atoms with E-state index in [9.17, 15) is 24.6 Å². The van der Waals surface area contributed by atoms with Crippen LogP contribution >= 0.6 is 11.6 Å². The summed E-state index contributed by atoms with van der Waals surface area (Å²) >= 11 is 6.07. The highest BCUT2D eigenvalue weighted by Gasteiger charge is 2.33. The number of fused-ring (bicyclic) bond motifs is 3. The summed E-state index contributed by atoms with van der Waals surface area (Å²) in [6.45, 7) is 12.0. The number of hydrogen-bond acceptors (Lipinski definition) is 10. The van der Waals surface area contributed by atoms with E-state index in [0.717, 1.165) is 34.8 Å². The third kappa shape index (κ3) is 12.0. The van der Waals surface area contributed by atoms with Crippen molar-refractivity contribution in [3.05, 3.63) is 146 Å². The lowest BCUT2D eigenvalue weighted by molar-refractivity contribution is -0.134. The van der Waals surface area contributed by atoms with Gasteiger partial charge in [-0.05, 0) is 127 Å². The number of nitrogens with zero attached hydrogens (tertiary/aromatic N) is 1. The van der Waals surface area contributed by atoms with Crippen molar-refractivity contribution in [1.29, 1.82) is 0 Å². The Morgan fingerprint density at radius 3 is 2.14 bits per heavy atom. The predicted molar refractivity (Wildman–Crippen MR) is 250 cm³/mol. The highest BCUT2D eigenvalue weighted by molar-refractivity contribution is 6.30. The zero-order valence-electron chi connectivity index (χ0n) is 37.2. The Balaban J connectivity index is 0.000000212. The lowest BCUT2D eigenvalue weighted by atomic mass is 9.88. The normalized spacial score (nSPS) is 16.0. The van der Waals surface area contributed by atoms with Crippen molar-refractivity contribution in [1.82, 2.24) is 4.90 Å². The maximum absolute atomic E-state index is 12.9. The lowest BCUT2D eigenvalue weighted by Crippen LogP contribution is -2.31. The van der Waals surface area contributed by atoms with Gasteiger partial charge >= 0.3 is 17.6 Å². The summed E-state index contributed by atoms with van der Waals surface area (Å²) in [7, 11) is 3.73. The molecule has 3 heterocycles. The van der Waals surface area contributed by atoms with Gasteiger partial charge in [0.1, 0.15) is 45.1 Å². The van der Waals surface area contributed by atoms with E-state index >= 15 is 0 Å². The molecule has 1 fully saturated rings. The molecule has 2 atom stereocenters. The molecular weight excluding hydrogens is 838 g/mol. The molecule has 4 N–H and O–H groups in total. The van der Waals surface area contributed by atoms with E-state index in [1.165, 1.54) is 44.2 Å². The highest BCUT2D eigenvalue weighted by atomic mass is 35.5. The van der Waals surface area contributed by atoms with Crippen LogP contribution in [0.25, 0.3) is 28.2 Å². The van der Waals surface area contributed by atoms with Gasteiger partial charge in [0.2, 0.25) is 0 Å². The molecule has 64 heavy (non-hydrogen) atoms. The number of halogens is 1. The van der Waals surface area contributed by atoms with Gasteiger partial charge in [0.15, 0.2) is 5.58 Å². The van der Waals surface area contributed by atoms with Crippen molar-refractivity contribution < 1.29 is 48.6 Å². The van der Waals surface area contributed by atoms with Crippen molar-refractivity contribution >= 4 is 40.6 Å². The van der Waals surface area contributed by atoms with Gasteiger partial charge in [0.25, 0.3) is 0 Å². The predicted octanol–water partition coefficient (Wildman–Crippen LogP) is 10.4. The minimum Gasteiger partial charge on any atom is -0.508 e. The molecule has 2 unspecified atom stereocenters. The zero-order valence-corrected chi connectivity index (χ0v) is 37.9. The molecule has 2 aliphatic rings. The van der Waals surface area contributed by atoms with Crippen LogP contribution < -0.4 is 15.1 Å². The molecule has 338 valence electrons. The molecule has 12 nitrogen and oxygen atoms in total. The molecule has 2 aliphatic heterocycles. The van der Waals surface area contributed by atoms with Crippen LogP contribution in [0.1, 0.15) is 76.1 Å². The van der Waals surface area contributed by atoms with Gasteiger partial charge in [-0.2, -0.15) is 0 Å². The molecular formula is C51H56ClNO11. The van der Waals surface area contributed by atoms with Gasteiger partial charge in [0.05, 0.1) is 12.7 Å². The Kier molecular flexibility index (Phi) is 16.2. The maximum atomic E-state index is 12.9. The quantitative estimate of drug-likeness (QED) is 0.0531. The molecule has 1 aromatic heterocycles. The van der Waals surface area contributed by atoms with Gasteiger partial charge < -0.3 is 44.0 Å². The average Bonchev–Trinajstić information content (AvgIpc) is 3.66. The van der Waals surface area contributed by atoms with Crippen LogP contribution in [0.4, 0.5) is 0 Å². The van der Waals surface area contributed by atoms with Crippen molar-refractivity contribution in [2.45, 2.75) is 77.5 Å². The number of likely N-dealkylation sites (tertiary alicyclic amines) is 1. The van der Waals surface area contributed by atoms with Gasteiger partial charge in [-0.3, -0.25) is 0 Å². The first-order valence-electron chi connectivity index (χ1n) is 20.9. The molecule has 0 bridgehead atoms. The Morgan fingerprint density at radius 2 is 1.58 bits per heavy atom. The monoisotopic (exact) mass is 893 g/mol. The number of phenolic OH excluding ortho intramolecular Hbond substituents is 1. The second-order valence-electron chi connectivity index (χ2n) is 16.5. The third-order valence-corrected chi connectivity index (χ3v) is 11.3. The fraction of sp³-hybridized carbons (Fsp3) is 0.314. The van der Waals surface area contributed by atoms with Gasteiger partial charge in [-0.1, -0.05) is 77.8 Å². The van der Waals surface area contributed by atoms with E-state index in [2.05, 4.69) is 61.3 Å². The molecule has 0 aliphatic carbocycles. The fourth-order valence-electron chi connectivity index (χ4n) is 7.64. The second-order valence-corrected chi connectivity index (χ2v) is 16.9. The lowest BCUT2D eigenvalue weighted by Gasteiger charge is -2.32. The first-order valence-corrected chi connectivity index (χ1v) is 21.3. The average molecular weight is 894 g/mol. The second kappa shape index (κ2) is 21.4. The number of benzene rings is 4. The number of aromatic hydroxyl groups is 2. The van der Waals surface area contributed by atoms with Crippen LogP contribution in [0.5, 0.6) is 23.0 Å². The number of allylic oxidation sites excluding steroid dienone is 2. The molecule has 4 aromatic carbocycles. The standard InChI is InChI=1S/C26H26O6.C21H26ClNO.C4H4O4/c1-14(2)6-11-17-22-18(12-13-26(3,4)32-22)24-20(23(17)30-5)21(28)19(25(29)31-24)15-7-9-16(27)10-8-15;1-21(17-7-4-3-5-8-17,18-10-12-19(22)13-11-18)24-16-14-20-9-6-15-23(20)2;5-3(6)1-2-4(7)8/h6-10,12-13,27-28H,11H2,1-5H3;3-5,7-8,10-13,20H,6,9,14-16H2,1-2H3;1-2H,(H,5,6)(H,7,8). The van der Waals surface area contributed by atoms with Crippen molar-refractivity contribution in [3.63, 3.8) is 0 Å². The molecule has 0 spiro atoms. The number of ether oxygens (including phenoxy) is 3. The summed E-state index contributed by atoms with van der Waals surface area (Å²) in [6, 6.07) is 25.1. The van der Waals surface area contributed by atoms with Crippen LogP contribution in [0.15, 0.2) is 118 Å². The van der Waals surface area contributed by atoms with Gasteiger partial charge in [0, 0.05) is 35.4 Å². The summed E-state index contributed by atoms with van der Waals surface area (Å²) in [5.41, 5.74) is 3.71. The van der Waals surface area contributed by atoms with Crippen molar-refractivity contribution in [2.24, 2.45) is 0 Å². The van der Waals surface area contributed by atoms with E-state index in [1.54, 1.807) is 12.1 Å². The van der Waals surface area contributed by atoms with Gasteiger partial charge in [-0.15, -0.1) is 0 Å². The number of hydrogen-bond donors (Lipinski definition) is 4. The SMILES string of the molecule is CN1CCCC1CCOC(C)(c1ccccc1)c1ccc(Cl)cc1.COc1c(CC=C(C)C)c2c(c3oc(=O)c(-c4ccc(O)cc4)c(O)c13)C=CC(C)(C)O2.O=C(O)C=CC(=O)O. The van der Waals surface area contributed by atoms with Gasteiger partial charge in [-0.25, -0.2) is 14.4 Å². The maximum Gasteiger partial charge on any atom is 0.348 e. The number of carboxylic acids is 2. The smallest absolute Gasteiger partial charge is 0.348 e. The largest absolute Gasteiger partial charge is 0.508 e. The van der Waals surface area contributed by atoms with Crippen LogP contribution in [-0.4, -0.2) is 76.2 Å².